The molecule has 0 unspecified atom stereocenters. The molecule has 0 aliphatic carbocycles. The van der Waals surface area contributed by atoms with Gasteiger partial charge in [-0.15, -0.1) is 0 Å². The Labute approximate surface area is 187 Å². The summed E-state index contributed by atoms with van der Waals surface area (Å²) in [5.41, 5.74) is 6.67. The largest absolute Gasteiger partial charge is 0.350 e. The van der Waals surface area contributed by atoms with Gasteiger partial charge in [0.05, 0.1) is 11.3 Å². The molecule has 0 atom stereocenters. The smallest absolute Gasteiger partial charge is 0.282 e. The van der Waals surface area contributed by atoms with Crippen molar-refractivity contribution in [1.29, 1.82) is 0 Å². The van der Waals surface area contributed by atoms with Gasteiger partial charge in [0, 0.05) is 10.7 Å². The number of benzene rings is 3. The summed E-state index contributed by atoms with van der Waals surface area (Å²) in [6, 6.07) is 18.6. The number of amides is 2. The van der Waals surface area contributed by atoms with Gasteiger partial charge in [0.2, 0.25) is 0 Å². The molecule has 2 amide bonds. The second-order valence-corrected chi connectivity index (χ2v) is 8.35. The molecule has 0 saturated heterocycles. The van der Waals surface area contributed by atoms with E-state index in [2.05, 4.69) is 5.32 Å². The number of nitrogens with one attached hydrogen (secondary N) is 1. The number of carbonyl (C=O) groups excluding carboxylic acids is 2. The summed E-state index contributed by atoms with van der Waals surface area (Å²) in [5, 5.41) is 3.84. The first kappa shape index (κ1) is 20.9. The molecule has 3 aromatic rings. The van der Waals surface area contributed by atoms with Crippen LogP contribution in [0.2, 0.25) is 5.02 Å². The molecule has 1 aliphatic heterocycles. The molecular formula is C26H23ClN2O2. The number of hydrogen-bond donors (Lipinski definition) is 1. The summed E-state index contributed by atoms with van der Waals surface area (Å²) >= 11 is 6.09. The topological polar surface area (TPSA) is 49.4 Å². The summed E-state index contributed by atoms with van der Waals surface area (Å²) in [6.45, 7) is 7.85. The monoisotopic (exact) mass is 430 g/mol. The van der Waals surface area contributed by atoms with E-state index in [1.165, 1.54) is 4.90 Å². The first-order valence-corrected chi connectivity index (χ1v) is 10.4. The fourth-order valence-electron chi connectivity index (χ4n) is 3.71. The Morgan fingerprint density at radius 2 is 1.55 bits per heavy atom. The van der Waals surface area contributed by atoms with Crippen LogP contribution < -0.4 is 10.2 Å². The maximum Gasteiger partial charge on any atom is 0.282 e. The minimum absolute atomic E-state index is 0.264. The van der Waals surface area contributed by atoms with Gasteiger partial charge in [-0.1, -0.05) is 41.9 Å². The van der Waals surface area contributed by atoms with Gasteiger partial charge in [-0.2, -0.15) is 0 Å². The third kappa shape index (κ3) is 3.87. The quantitative estimate of drug-likeness (QED) is 0.518. The summed E-state index contributed by atoms with van der Waals surface area (Å²) in [6.07, 6.45) is 0. The van der Waals surface area contributed by atoms with Crippen LogP contribution in [0.4, 0.5) is 11.4 Å². The number of halogens is 1. The van der Waals surface area contributed by atoms with Gasteiger partial charge in [0.15, 0.2) is 0 Å². The van der Waals surface area contributed by atoms with Crippen molar-refractivity contribution in [3.63, 3.8) is 0 Å². The molecular weight excluding hydrogens is 408 g/mol. The van der Waals surface area contributed by atoms with E-state index in [9.17, 15) is 9.59 Å². The van der Waals surface area contributed by atoms with Gasteiger partial charge in [0.1, 0.15) is 5.70 Å². The number of anilines is 2. The van der Waals surface area contributed by atoms with Gasteiger partial charge in [-0.25, -0.2) is 4.90 Å². The van der Waals surface area contributed by atoms with Gasteiger partial charge < -0.3 is 5.32 Å². The zero-order valence-electron chi connectivity index (χ0n) is 17.9. The molecule has 31 heavy (non-hydrogen) atoms. The van der Waals surface area contributed by atoms with Gasteiger partial charge in [0.25, 0.3) is 11.8 Å². The maximum absolute atomic E-state index is 13.6. The van der Waals surface area contributed by atoms with Crippen LogP contribution in [-0.4, -0.2) is 11.8 Å². The van der Waals surface area contributed by atoms with Crippen LogP contribution in [0.15, 0.2) is 66.4 Å². The van der Waals surface area contributed by atoms with Crippen molar-refractivity contribution in [2.24, 2.45) is 0 Å². The lowest BCUT2D eigenvalue weighted by Gasteiger charge is -2.16. The van der Waals surface area contributed by atoms with E-state index in [1.54, 1.807) is 12.1 Å². The highest BCUT2D eigenvalue weighted by molar-refractivity contribution is 6.46. The Balaban J connectivity index is 1.87. The van der Waals surface area contributed by atoms with Gasteiger partial charge in [-0.3, -0.25) is 9.59 Å². The molecule has 1 heterocycles. The summed E-state index contributed by atoms with van der Waals surface area (Å²) in [7, 11) is 0. The fraction of sp³-hybridized carbons (Fsp3) is 0.154. The maximum atomic E-state index is 13.6. The number of nitrogens with zero attached hydrogens (tertiary/aromatic N) is 1. The first-order chi connectivity index (χ1) is 14.8. The molecule has 1 aliphatic rings. The molecule has 0 bridgehead atoms. The molecule has 156 valence electrons. The molecule has 4 rings (SSSR count). The molecule has 1 N–H and O–H groups in total. The summed E-state index contributed by atoms with van der Waals surface area (Å²) in [5.74, 6) is -0.717. The normalized spacial score (nSPS) is 13.9. The van der Waals surface area contributed by atoms with Crippen LogP contribution in [0.1, 0.15) is 27.8 Å². The van der Waals surface area contributed by atoms with E-state index in [0.29, 0.717) is 21.8 Å². The van der Waals surface area contributed by atoms with Crippen LogP contribution in [0.3, 0.4) is 0 Å². The van der Waals surface area contributed by atoms with Crippen LogP contribution in [0, 0.1) is 27.7 Å². The highest BCUT2D eigenvalue weighted by Gasteiger charge is 2.40. The molecule has 3 aromatic carbocycles. The zero-order chi connectivity index (χ0) is 22.3. The van der Waals surface area contributed by atoms with Crippen molar-refractivity contribution in [3.8, 4) is 0 Å². The van der Waals surface area contributed by atoms with Crippen molar-refractivity contribution in [2.45, 2.75) is 27.7 Å². The fourth-order valence-corrected chi connectivity index (χ4v) is 3.94. The minimum Gasteiger partial charge on any atom is -0.350 e. The second-order valence-electron chi connectivity index (χ2n) is 7.92. The Hall–Kier alpha value is -3.37. The lowest BCUT2D eigenvalue weighted by Crippen LogP contribution is -2.32. The van der Waals surface area contributed by atoms with Crippen LogP contribution in [0.25, 0.3) is 5.57 Å². The number of hydrogen-bond acceptors (Lipinski definition) is 3. The number of aryl methyl sites for hydroxylation is 4. The highest BCUT2D eigenvalue weighted by atomic mass is 35.5. The molecule has 0 saturated carbocycles. The van der Waals surface area contributed by atoms with Crippen molar-refractivity contribution in [3.05, 3.63) is 99.2 Å². The lowest BCUT2D eigenvalue weighted by molar-refractivity contribution is -0.120. The van der Waals surface area contributed by atoms with E-state index in [0.717, 1.165) is 27.9 Å². The van der Waals surface area contributed by atoms with E-state index >= 15 is 0 Å². The average Bonchev–Trinajstić information content (AvgIpc) is 2.96. The first-order valence-electron chi connectivity index (χ1n) is 10.1. The number of imide groups is 1. The van der Waals surface area contributed by atoms with E-state index in [-0.39, 0.29) is 17.5 Å². The van der Waals surface area contributed by atoms with Gasteiger partial charge in [-0.05, 0) is 85.8 Å². The van der Waals surface area contributed by atoms with Crippen molar-refractivity contribution in [2.75, 3.05) is 10.2 Å². The standard InChI is InChI=1S/C26H23ClN2O2/c1-15-6-5-7-21(12-15)29-25(30)23(19-9-8-16(2)17(3)13-19)24(26(29)31)28-22-11-10-20(27)14-18(22)4/h5-14,28H,1-4H3. The minimum atomic E-state index is -0.377. The Kier molecular flexibility index (Phi) is 5.42. The van der Waals surface area contributed by atoms with E-state index < -0.39 is 0 Å². The second kappa shape index (κ2) is 8.05. The molecule has 0 radical (unpaired) electrons. The predicted molar refractivity (Wildman–Crippen MR) is 126 cm³/mol. The molecule has 0 aromatic heterocycles. The number of carbonyl (C=O) groups is 2. The summed E-state index contributed by atoms with van der Waals surface area (Å²) in [4.78, 5) is 28.3. The van der Waals surface area contributed by atoms with Crippen molar-refractivity contribution in [1.82, 2.24) is 0 Å². The van der Waals surface area contributed by atoms with E-state index in [4.69, 9.17) is 11.6 Å². The predicted octanol–water partition coefficient (Wildman–Crippen LogP) is 5.97. The Morgan fingerprint density at radius 1 is 0.774 bits per heavy atom. The van der Waals surface area contributed by atoms with Crippen LogP contribution in [0.5, 0.6) is 0 Å². The van der Waals surface area contributed by atoms with Crippen molar-refractivity contribution >= 4 is 40.4 Å². The summed E-state index contributed by atoms with van der Waals surface area (Å²) < 4.78 is 0. The molecule has 0 fully saturated rings. The lowest BCUT2D eigenvalue weighted by atomic mass is 9.99. The Morgan fingerprint density at radius 3 is 2.23 bits per heavy atom. The third-order valence-corrected chi connectivity index (χ3v) is 5.82. The molecule has 4 nitrogen and oxygen atoms in total. The van der Waals surface area contributed by atoms with Crippen LogP contribution >= 0.6 is 11.6 Å². The van der Waals surface area contributed by atoms with Gasteiger partial charge >= 0.3 is 0 Å². The SMILES string of the molecule is Cc1cccc(N2C(=O)C(Nc3ccc(Cl)cc3C)=C(c3ccc(C)c(C)c3)C2=O)c1. The highest BCUT2D eigenvalue weighted by Crippen LogP contribution is 2.35. The van der Waals surface area contributed by atoms with Crippen molar-refractivity contribution < 1.29 is 9.59 Å². The van der Waals surface area contributed by atoms with Crippen LogP contribution in [-0.2, 0) is 9.59 Å². The average molecular weight is 431 g/mol. The molecule has 5 heteroatoms. The van der Waals surface area contributed by atoms with E-state index in [1.807, 2.05) is 76.2 Å². The zero-order valence-corrected chi connectivity index (χ0v) is 18.7. The number of rotatable bonds is 4. The Bertz CT molecular complexity index is 1260. The third-order valence-electron chi connectivity index (χ3n) is 5.59. The molecule has 0 spiro atoms.